The van der Waals surface area contributed by atoms with E-state index in [1.54, 1.807) is 12.1 Å². The fourth-order valence-corrected chi connectivity index (χ4v) is 3.39. The number of piperidine rings is 1. The number of hydrogen-bond acceptors (Lipinski definition) is 4. The van der Waals surface area contributed by atoms with Crippen molar-refractivity contribution in [2.45, 2.75) is 31.9 Å². The van der Waals surface area contributed by atoms with Crippen LogP contribution in [0.5, 0.6) is 0 Å². The number of carbonyl (C=O) groups excluding carboxylic acids is 2. The van der Waals surface area contributed by atoms with E-state index in [0.29, 0.717) is 31.6 Å². The molecule has 27 heavy (non-hydrogen) atoms. The molecule has 6 heteroatoms. The van der Waals surface area contributed by atoms with Gasteiger partial charge in [-0.15, -0.1) is 0 Å². The first-order chi connectivity index (χ1) is 13.0. The maximum atomic E-state index is 13.1. The van der Waals surface area contributed by atoms with Crippen molar-refractivity contribution in [3.63, 3.8) is 0 Å². The number of likely N-dealkylation sites (tertiary alicyclic amines) is 1. The van der Waals surface area contributed by atoms with E-state index in [4.69, 9.17) is 4.74 Å². The number of benzene rings is 2. The highest BCUT2D eigenvalue weighted by molar-refractivity contribution is 5.95. The highest BCUT2D eigenvalue weighted by Crippen LogP contribution is 2.27. The Balaban J connectivity index is 1.75. The molecule has 1 atom stereocenters. The molecule has 1 fully saturated rings. The molecule has 3 rings (SSSR count). The van der Waals surface area contributed by atoms with Crippen LogP contribution in [0, 0.1) is 5.82 Å². The molecule has 2 aromatic carbocycles. The second-order valence-corrected chi connectivity index (χ2v) is 6.65. The average molecular weight is 370 g/mol. The molecule has 1 aliphatic rings. The third-order valence-electron chi connectivity index (χ3n) is 4.65. The molecule has 1 saturated heterocycles. The van der Waals surface area contributed by atoms with Crippen molar-refractivity contribution in [3.8, 4) is 0 Å². The normalized spacial score (nSPS) is 16.5. The third-order valence-corrected chi connectivity index (χ3v) is 4.65. The summed E-state index contributed by atoms with van der Waals surface area (Å²) in [6.45, 7) is 2.71. The zero-order chi connectivity index (χ0) is 19.2. The van der Waals surface area contributed by atoms with Crippen LogP contribution in [0.2, 0.25) is 0 Å². The summed E-state index contributed by atoms with van der Waals surface area (Å²) in [5.74, 6) is -0.791. The Labute approximate surface area is 158 Å². The van der Waals surface area contributed by atoms with E-state index in [9.17, 15) is 14.0 Å². The van der Waals surface area contributed by atoms with E-state index in [1.165, 1.54) is 19.1 Å². The Morgan fingerprint density at radius 2 is 1.70 bits per heavy atom. The van der Waals surface area contributed by atoms with Crippen LogP contribution in [0.1, 0.15) is 31.4 Å². The minimum Gasteiger partial charge on any atom is -0.462 e. The van der Waals surface area contributed by atoms with Crippen LogP contribution in [0.25, 0.3) is 0 Å². The van der Waals surface area contributed by atoms with Gasteiger partial charge in [-0.2, -0.15) is 0 Å². The first-order valence-corrected chi connectivity index (χ1v) is 9.05. The highest BCUT2D eigenvalue weighted by atomic mass is 19.1. The SMILES string of the molecule is CC(=O)OC1CCN(C(C(=O)Nc2ccc(F)cc2)c2ccccc2)CC1. The van der Waals surface area contributed by atoms with Crippen LogP contribution in [0.3, 0.4) is 0 Å². The molecule has 142 valence electrons. The summed E-state index contributed by atoms with van der Waals surface area (Å²) in [4.78, 5) is 26.3. The zero-order valence-electron chi connectivity index (χ0n) is 15.2. The van der Waals surface area contributed by atoms with Gasteiger partial charge in [0.1, 0.15) is 18.0 Å². The van der Waals surface area contributed by atoms with Crippen LogP contribution >= 0.6 is 0 Å². The Morgan fingerprint density at radius 3 is 2.30 bits per heavy atom. The van der Waals surface area contributed by atoms with Crippen molar-refractivity contribution in [1.82, 2.24) is 4.90 Å². The number of amides is 1. The van der Waals surface area contributed by atoms with Crippen molar-refractivity contribution in [3.05, 3.63) is 66.0 Å². The van der Waals surface area contributed by atoms with Crippen molar-refractivity contribution in [2.75, 3.05) is 18.4 Å². The smallest absolute Gasteiger partial charge is 0.302 e. The monoisotopic (exact) mass is 370 g/mol. The lowest BCUT2D eigenvalue weighted by molar-refractivity contribution is -0.149. The minimum atomic E-state index is -0.463. The molecule has 1 aliphatic heterocycles. The van der Waals surface area contributed by atoms with Gasteiger partial charge < -0.3 is 10.1 Å². The molecule has 0 aromatic heterocycles. The molecule has 0 spiro atoms. The first kappa shape index (κ1) is 19.0. The first-order valence-electron chi connectivity index (χ1n) is 9.05. The Morgan fingerprint density at radius 1 is 1.07 bits per heavy atom. The summed E-state index contributed by atoms with van der Waals surface area (Å²) in [6.07, 6.45) is 1.27. The van der Waals surface area contributed by atoms with Gasteiger partial charge in [0.05, 0.1) is 0 Å². The second kappa shape index (κ2) is 8.77. The van der Waals surface area contributed by atoms with Gasteiger partial charge in [-0.05, 0) is 42.7 Å². The quantitative estimate of drug-likeness (QED) is 0.818. The van der Waals surface area contributed by atoms with Gasteiger partial charge in [0.2, 0.25) is 5.91 Å². The number of anilines is 1. The largest absolute Gasteiger partial charge is 0.462 e. The van der Waals surface area contributed by atoms with Gasteiger partial charge in [-0.25, -0.2) is 4.39 Å². The highest BCUT2D eigenvalue weighted by Gasteiger charge is 2.32. The van der Waals surface area contributed by atoms with Gasteiger partial charge in [0.25, 0.3) is 0 Å². The topological polar surface area (TPSA) is 58.6 Å². The zero-order valence-corrected chi connectivity index (χ0v) is 15.2. The molecule has 0 radical (unpaired) electrons. The molecule has 0 bridgehead atoms. The van der Waals surface area contributed by atoms with Crippen LogP contribution in [0.15, 0.2) is 54.6 Å². The average Bonchev–Trinajstić information content (AvgIpc) is 2.66. The number of rotatable bonds is 5. The molecule has 1 heterocycles. The number of hydrogen-bond donors (Lipinski definition) is 1. The van der Waals surface area contributed by atoms with E-state index < -0.39 is 6.04 Å². The molecular formula is C21H23FN2O3. The molecule has 1 unspecified atom stereocenters. The Bertz CT molecular complexity index is 772. The number of nitrogens with zero attached hydrogens (tertiary/aromatic N) is 1. The van der Waals surface area contributed by atoms with Crippen molar-refractivity contribution < 1.29 is 18.7 Å². The summed E-state index contributed by atoms with van der Waals surface area (Å²) < 4.78 is 18.4. The van der Waals surface area contributed by atoms with Crippen molar-refractivity contribution >= 4 is 17.6 Å². The van der Waals surface area contributed by atoms with E-state index in [1.807, 2.05) is 30.3 Å². The maximum Gasteiger partial charge on any atom is 0.302 e. The van der Waals surface area contributed by atoms with E-state index >= 15 is 0 Å². The summed E-state index contributed by atoms with van der Waals surface area (Å²) in [7, 11) is 0. The number of nitrogens with one attached hydrogen (secondary N) is 1. The van der Waals surface area contributed by atoms with E-state index in [0.717, 1.165) is 5.56 Å². The van der Waals surface area contributed by atoms with Crippen molar-refractivity contribution in [2.24, 2.45) is 0 Å². The number of halogens is 1. The van der Waals surface area contributed by atoms with Gasteiger partial charge in [0.15, 0.2) is 0 Å². The molecule has 5 nitrogen and oxygen atoms in total. The van der Waals surface area contributed by atoms with Gasteiger partial charge in [0, 0.05) is 25.7 Å². The van der Waals surface area contributed by atoms with Crippen molar-refractivity contribution in [1.29, 1.82) is 0 Å². The lowest BCUT2D eigenvalue weighted by atomic mass is 9.99. The van der Waals surface area contributed by atoms with Crippen LogP contribution < -0.4 is 5.32 Å². The standard InChI is InChI=1S/C21H23FN2O3/c1-15(25)27-19-11-13-24(14-12-19)20(16-5-3-2-4-6-16)21(26)23-18-9-7-17(22)8-10-18/h2-10,19-20H,11-14H2,1H3,(H,23,26). The Kier molecular flexibility index (Phi) is 6.19. The number of ether oxygens (including phenoxy) is 1. The molecular weight excluding hydrogens is 347 g/mol. The number of esters is 1. The molecule has 0 aliphatic carbocycles. The van der Waals surface area contributed by atoms with Gasteiger partial charge in [-0.1, -0.05) is 30.3 Å². The fraction of sp³-hybridized carbons (Fsp3) is 0.333. The second-order valence-electron chi connectivity index (χ2n) is 6.65. The number of carbonyl (C=O) groups is 2. The van der Waals surface area contributed by atoms with E-state index in [2.05, 4.69) is 10.2 Å². The summed E-state index contributed by atoms with van der Waals surface area (Å²) >= 11 is 0. The molecule has 0 saturated carbocycles. The lowest BCUT2D eigenvalue weighted by Crippen LogP contribution is -2.44. The van der Waals surface area contributed by atoms with Gasteiger partial charge in [-0.3, -0.25) is 14.5 Å². The molecule has 1 N–H and O–H groups in total. The summed E-state index contributed by atoms with van der Waals surface area (Å²) in [5, 5.41) is 2.88. The summed E-state index contributed by atoms with van der Waals surface area (Å²) in [6, 6.07) is 14.8. The maximum absolute atomic E-state index is 13.1. The molecule has 2 aromatic rings. The lowest BCUT2D eigenvalue weighted by Gasteiger charge is -2.36. The minimum absolute atomic E-state index is 0.102. The Hall–Kier alpha value is -2.73. The molecule has 1 amide bonds. The fourth-order valence-electron chi connectivity index (χ4n) is 3.39. The van der Waals surface area contributed by atoms with Gasteiger partial charge >= 0.3 is 5.97 Å². The summed E-state index contributed by atoms with van der Waals surface area (Å²) in [5.41, 5.74) is 1.44. The van der Waals surface area contributed by atoms with Crippen LogP contribution in [-0.4, -0.2) is 36.0 Å². The predicted molar refractivity (Wildman–Crippen MR) is 101 cm³/mol. The van der Waals surface area contributed by atoms with E-state index in [-0.39, 0.29) is 23.8 Å². The predicted octanol–water partition coefficient (Wildman–Crippen LogP) is 3.53. The van der Waals surface area contributed by atoms with Crippen LogP contribution in [-0.2, 0) is 14.3 Å². The van der Waals surface area contributed by atoms with Crippen LogP contribution in [0.4, 0.5) is 10.1 Å². The third kappa shape index (κ3) is 5.14.